The Morgan fingerprint density at radius 3 is 2.70 bits per heavy atom. The predicted molar refractivity (Wildman–Crippen MR) is 114 cm³/mol. The van der Waals surface area contributed by atoms with E-state index in [1.54, 1.807) is 11.8 Å². The topological polar surface area (TPSA) is 54.5 Å². The van der Waals surface area contributed by atoms with Crippen molar-refractivity contribution in [3.8, 4) is 0 Å². The Morgan fingerprint density at radius 1 is 1.07 bits per heavy atom. The van der Waals surface area contributed by atoms with Crippen molar-refractivity contribution in [2.45, 2.75) is 36.1 Å². The normalized spacial score (nSPS) is 15.4. The van der Waals surface area contributed by atoms with Crippen LogP contribution in [-0.2, 0) is 0 Å². The number of hydrogen-bond acceptors (Lipinski definition) is 4. The fourth-order valence-corrected chi connectivity index (χ4v) is 4.75. The molecular weight excluding hydrogens is 420 g/mol. The minimum Gasteiger partial charge on any atom is -0.338 e. The standard InChI is InChI=1S/C21H19BrN4S/c22-15-10-8-14(9-11-15)18(12-7-13-5-6-13)27-21-24-20-19(25-26-21)16-3-1-2-4-17(16)23-20/h1-4,8-11,13,18H,5-7,12H2,(H,23,24,26)/t18-/m1/s1. The Hall–Kier alpha value is -1.92. The number of benzene rings is 2. The third kappa shape index (κ3) is 3.73. The van der Waals surface area contributed by atoms with Gasteiger partial charge in [0.25, 0.3) is 0 Å². The van der Waals surface area contributed by atoms with Crippen molar-refractivity contribution in [3.05, 3.63) is 58.6 Å². The highest BCUT2D eigenvalue weighted by atomic mass is 79.9. The number of aromatic amines is 1. The Labute approximate surface area is 170 Å². The highest BCUT2D eigenvalue weighted by Gasteiger charge is 2.24. The van der Waals surface area contributed by atoms with Gasteiger partial charge in [-0.25, -0.2) is 4.98 Å². The number of aromatic nitrogens is 4. The van der Waals surface area contributed by atoms with Gasteiger partial charge in [-0.1, -0.05) is 70.9 Å². The van der Waals surface area contributed by atoms with Gasteiger partial charge in [0.05, 0.1) is 0 Å². The van der Waals surface area contributed by atoms with Gasteiger partial charge >= 0.3 is 0 Å². The third-order valence-electron chi connectivity index (χ3n) is 5.13. The van der Waals surface area contributed by atoms with E-state index < -0.39 is 0 Å². The van der Waals surface area contributed by atoms with Crippen LogP contribution in [-0.4, -0.2) is 20.2 Å². The first-order chi connectivity index (χ1) is 13.3. The number of halogens is 1. The second-order valence-corrected chi connectivity index (χ2v) is 9.23. The summed E-state index contributed by atoms with van der Waals surface area (Å²) in [5, 5.41) is 11.0. The number of rotatable bonds is 6. The van der Waals surface area contributed by atoms with E-state index in [4.69, 9.17) is 4.98 Å². The smallest absolute Gasteiger partial charge is 0.211 e. The number of para-hydroxylation sites is 1. The van der Waals surface area contributed by atoms with Crippen LogP contribution < -0.4 is 0 Å². The molecule has 1 fully saturated rings. The van der Waals surface area contributed by atoms with Crippen molar-refractivity contribution in [2.75, 3.05) is 0 Å². The molecule has 4 nitrogen and oxygen atoms in total. The van der Waals surface area contributed by atoms with Crippen molar-refractivity contribution < 1.29 is 0 Å². The van der Waals surface area contributed by atoms with Crippen molar-refractivity contribution in [1.82, 2.24) is 20.2 Å². The molecule has 2 heterocycles. The van der Waals surface area contributed by atoms with E-state index >= 15 is 0 Å². The number of nitrogens with zero attached hydrogens (tertiary/aromatic N) is 3. The SMILES string of the molecule is Brc1ccc([C@@H](CCC2CC2)Sc2nnc3c(n2)[nH]c2ccccc23)cc1. The first-order valence-electron chi connectivity index (χ1n) is 9.29. The third-order valence-corrected chi connectivity index (χ3v) is 6.83. The maximum Gasteiger partial charge on any atom is 0.211 e. The molecule has 1 N–H and O–H groups in total. The first-order valence-corrected chi connectivity index (χ1v) is 11.0. The molecule has 0 unspecified atom stereocenters. The molecule has 5 rings (SSSR count). The van der Waals surface area contributed by atoms with Gasteiger partial charge in [0, 0.05) is 20.6 Å². The monoisotopic (exact) mass is 438 g/mol. The van der Waals surface area contributed by atoms with Crippen LogP contribution in [0.25, 0.3) is 22.1 Å². The Kier molecular flexibility index (Phi) is 4.61. The molecule has 0 spiro atoms. The lowest BCUT2D eigenvalue weighted by atomic mass is 10.1. The molecule has 0 saturated heterocycles. The van der Waals surface area contributed by atoms with E-state index in [9.17, 15) is 0 Å². The van der Waals surface area contributed by atoms with E-state index in [-0.39, 0.29) is 0 Å². The van der Waals surface area contributed by atoms with Crippen LogP contribution in [0.3, 0.4) is 0 Å². The lowest BCUT2D eigenvalue weighted by molar-refractivity contribution is 0.656. The molecule has 0 bridgehead atoms. The molecule has 2 aromatic carbocycles. The van der Waals surface area contributed by atoms with Gasteiger partial charge in [-0.15, -0.1) is 10.2 Å². The Bertz CT molecular complexity index is 1090. The molecule has 0 amide bonds. The number of hydrogen-bond donors (Lipinski definition) is 1. The fraction of sp³-hybridized carbons (Fsp3) is 0.286. The summed E-state index contributed by atoms with van der Waals surface area (Å²) in [5.41, 5.74) is 4.03. The van der Waals surface area contributed by atoms with E-state index in [1.165, 1.54) is 24.8 Å². The molecule has 4 aromatic rings. The van der Waals surface area contributed by atoms with E-state index in [1.807, 2.05) is 18.2 Å². The van der Waals surface area contributed by atoms with Crippen LogP contribution in [0, 0.1) is 5.92 Å². The summed E-state index contributed by atoms with van der Waals surface area (Å²) in [6, 6.07) is 16.8. The maximum atomic E-state index is 4.76. The molecule has 2 aromatic heterocycles. The maximum absolute atomic E-state index is 4.76. The summed E-state index contributed by atoms with van der Waals surface area (Å²) in [7, 11) is 0. The van der Waals surface area contributed by atoms with Crippen LogP contribution in [0.15, 0.2) is 58.2 Å². The number of thioether (sulfide) groups is 1. The van der Waals surface area contributed by atoms with E-state index in [2.05, 4.69) is 61.4 Å². The average molecular weight is 439 g/mol. The van der Waals surface area contributed by atoms with Gasteiger partial charge in [0.2, 0.25) is 5.16 Å². The van der Waals surface area contributed by atoms with Gasteiger partial charge in [-0.05, 0) is 42.5 Å². The second kappa shape index (κ2) is 7.24. The zero-order valence-electron chi connectivity index (χ0n) is 14.7. The van der Waals surface area contributed by atoms with Crippen LogP contribution >= 0.6 is 27.7 Å². The highest BCUT2D eigenvalue weighted by molar-refractivity contribution is 9.10. The molecule has 1 saturated carbocycles. The largest absolute Gasteiger partial charge is 0.338 e. The predicted octanol–water partition coefficient (Wildman–Crippen LogP) is 6.29. The van der Waals surface area contributed by atoms with E-state index in [0.29, 0.717) is 5.25 Å². The lowest BCUT2D eigenvalue weighted by Crippen LogP contribution is -1.99. The summed E-state index contributed by atoms with van der Waals surface area (Å²) < 4.78 is 1.11. The van der Waals surface area contributed by atoms with Gasteiger partial charge in [-0.3, -0.25) is 0 Å². The number of nitrogens with one attached hydrogen (secondary N) is 1. The fourth-order valence-electron chi connectivity index (χ4n) is 3.45. The van der Waals surface area contributed by atoms with Gasteiger partial charge in [0.1, 0.15) is 5.52 Å². The summed E-state index contributed by atoms with van der Waals surface area (Å²) in [6.45, 7) is 0. The van der Waals surface area contributed by atoms with Crippen LogP contribution in [0.4, 0.5) is 0 Å². The van der Waals surface area contributed by atoms with Crippen LogP contribution in [0.5, 0.6) is 0 Å². The quantitative estimate of drug-likeness (QED) is 0.359. The molecule has 1 atom stereocenters. The van der Waals surface area contributed by atoms with Crippen molar-refractivity contribution in [3.63, 3.8) is 0 Å². The molecule has 6 heteroatoms. The minimum absolute atomic E-state index is 0.349. The summed E-state index contributed by atoms with van der Waals surface area (Å²) >= 11 is 5.25. The summed E-state index contributed by atoms with van der Waals surface area (Å²) in [6.07, 6.45) is 5.19. The van der Waals surface area contributed by atoms with Gasteiger partial charge in [0.15, 0.2) is 5.65 Å². The molecule has 0 aliphatic heterocycles. The first kappa shape index (κ1) is 17.2. The number of fused-ring (bicyclic) bond motifs is 3. The number of H-pyrrole nitrogens is 1. The lowest BCUT2D eigenvalue weighted by Gasteiger charge is -2.16. The van der Waals surface area contributed by atoms with Crippen molar-refractivity contribution in [1.29, 1.82) is 0 Å². The second-order valence-electron chi connectivity index (χ2n) is 7.14. The zero-order chi connectivity index (χ0) is 18.2. The van der Waals surface area contributed by atoms with Crippen LogP contribution in [0.1, 0.15) is 36.5 Å². The zero-order valence-corrected chi connectivity index (χ0v) is 17.1. The minimum atomic E-state index is 0.349. The average Bonchev–Trinajstić information content (AvgIpc) is 3.44. The van der Waals surface area contributed by atoms with Gasteiger partial charge in [-0.2, -0.15) is 0 Å². The highest BCUT2D eigenvalue weighted by Crippen LogP contribution is 2.42. The molecule has 27 heavy (non-hydrogen) atoms. The van der Waals surface area contributed by atoms with Crippen LogP contribution in [0.2, 0.25) is 0 Å². The molecule has 1 aliphatic rings. The molecule has 1 aliphatic carbocycles. The Balaban J connectivity index is 1.45. The van der Waals surface area contributed by atoms with E-state index in [0.717, 1.165) is 44.0 Å². The Morgan fingerprint density at radius 2 is 1.89 bits per heavy atom. The summed E-state index contributed by atoms with van der Waals surface area (Å²) in [4.78, 5) is 8.13. The molecule has 0 radical (unpaired) electrons. The molecule has 136 valence electrons. The van der Waals surface area contributed by atoms with Crippen molar-refractivity contribution >= 4 is 49.8 Å². The molecular formula is C21H19BrN4S. The van der Waals surface area contributed by atoms with Gasteiger partial charge < -0.3 is 4.98 Å². The summed E-state index contributed by atoms with van der Waals surface area (Å²) in [5.74, 6) is 0.916. The van der Waals surface area contributed by atoms with Crippen molar-refractivity contribution in [2.24, 2.45) is 5.92 Å².